The van der Waals surface area contributed by atoms with E-state index in [1.165, 1.54) is 18.2 Å². The van der Waals surface area contributed by atoms with Gasteiger partial charge in [-0.3, -0.25) is 4.79 Å². The van der Waals surface area contributed by atoms with E-state index in [1.807, 2.05) is 0 Å². The maximum absolute atomic E-state index is 13.0. The summed E-state index contributed by atoms with van der Waals surface area (Å²) in [5, 5.41) is 14.7. The van der Waals surface area contributed by atoms with Crippen LogP contribution in [0.25, 0.3) is 17.4 Å². The Morgan fingerprint density at radius 1 is 1.20 bits per heavy atom. The van der Waals surface area contributed by atoms with Gasteiger partial charge in [0.15, 0.2) is 6.61 Å². The molecule has 0 saturated carbocycles. The molecule has 0 spiro atoms. The van der Waals surface area contributed by atoms with E-state index in [4.69, 9.17) is 27.2 Å². The molecule has 0 radical (unpaired) electrons. The monoisotopic (exact) mass is 488 g/mol. The molecule has 1 aliphatic heterocycles. The van der Waals surface area contributed by atoms with E-state index in [-0.39, 0.29) is 22.9 Å². The first-order valence-electron chi connectivity index (χ1n) is 10.2. The molecule has 1 N–H and O–H groups in total. The average Bonchev–Trinajstić information content (AvgIpc) is 3.43. The lowest BCUT2D eigenvalue weighted by molar-refractivity contribution is -0.114. The summed E-state index contributed by atoms with van der Waals surface area (Å²) in [6.45, 7) is 1.56. The average molecular weight is 489 g/mol. The van der Waals surface area contributed by atoms with Crippen LogP contribution in [0.5, 0.6) is 0 Å². The summed E-state index contributed by atoms with van der Waals surface area (Å²) in [5.41, 5.74) is 1.96. The number of anilines is 1. The summed E-state index contributed by atoms with van der Waals surface area (Å²) in [5.74, 6) is 1.02. The molecule has 4 rings (SSSR count). The molecular formula is C26H17ClN2O6. The van der Waals surface area contributed by atoms with Crippen LogP contribution in [0.4, 0.5) is 5.69 Å². The molecule has 8 nitrogen and oxygen atoms in total. The van der Waals surface area contributed by atoms with Gasteiger partial charge in [0.2, 0.25) is 0 Å². The number of terminal acetylenes is 1. The molecule has 1 aromatic heterocycles. The van der Waals surface area contributed by atoms with Crippen molar-refractivity contribution in [2.75, 3.05) is 11.6 Å². The number of furan rings is 1. The zero-order valence-corrected chi connectivity index (χ0v) is 19.1. The van der Waals surface area contributed by atoms with Gasteiger partial charge in [-0.25, -0.2) is 9.59 Å². The highest BCUT2D eigenvalue weighted by Crippen LogP contribution is 2.30. The number of nitrogens with zero attached hydrogens (tertiary/aromatic N) is 2. The SMILES string of the molecule is C#CCOC(=O)c1ccc(-c2ccc(C=C3C(=O)N(c4ccc(Cl)c(C(=O)O)c4)N=C3C)o2)cc1. The van der Waals surface area contributed by atoms with E-state index in [9.17, 15) is 19.5 Å². The van der Waals surface area contributed by atoms with Gasteiger partial charge in [0.05, 0.1) is 33.1 Å². The highest BCUT2D eigenvalue weighted by atomic mass is 35.5. The zero-order chi connectivity index (χ0) is 25.1. The van der Waals surface area contributed by atoms with Gasteiger partial charge in [-0.1, -0.05) is 29.7 Å². The summed E-state index contributed by atoms with van der Waals surface area (Å²) < 4.78 is 10.8. The fourth-order valence-electron chi connectivity index (χ4n) is 3.36. The van der Waals surface area contributed by atoms with Crippen LogP contribution in [-0.4, -0.2) is 35.3 Å². The van der Waals surface area contributed by atoms with E-state index >= 15 is 0 Å². The highest BCUT2D eigenvalue weighted by Gasteiger charge is 2.30. The Bertz CT molecular complexity index is 1440. The fraction of sp³-hybridized carbons (Fsp3) is 0.0769. The topological polar surface area (TPSA) is 109 Å². The number of carbonyl (C=O) groups excluding carboxylic acids is 2. The molecule has 0 fully saturated rings. The third kappa shape index (κ3) is 4.86. The number of aromatic carboxylic acids is 1. The summed E-state index contributed by atoms with van der Waals surface area (Å²) >= 11 is 5.92. The van der Waals surface area contributed by atoms with Crippen molar-refractivity contribution in [1.82, 2.24) is 0 Å². The lowest BCUT2D eigenvalue weighted by Crippen LogP contribution is -2.21. The van der Waals surface area contributed by atoms with Crippen LogP contribution in [0.3, 0.4) is 0 Å². The minimum absolute atomic E-state index is 0.0602. The van der Waals surface area contributed by atoms with Gasteiger partial charge in [0.1, 0.15) is 11.5 Å². The maximum atomic E-state index is 13.0. The summed E-state index contributed by atoms with van der Waals surface area (Å²) in [7, 11) is 0. The second kappa shape index (κ2) is 9.71. The Morgan fingerprint density at radius 3 is 2.63 bits per heavy atom. The van der Waals surface area contributed by atoms with Crippen LogP contribution in [0.2, 0.25) is 5.02 Å². The normalized spacial score (nSPS) is 14.1. The van der Waals surface area contributed by atoms with Gasteiger partial charge >= 0.3 is 11.9 Å². The number of ether oxygens (including phenoxy) is 1. The first kappa shape index (κ1) is 23.5. The summed E-state index contributed by atoms with van der Waals surface area (Å²) in [6, 6.07) is 14.3. The van der Waals surface area contributed by atoms with Crippen molar-refractivity contribution in [2.24, 2.45) is 5.10 Å². The number of benzene rings is 2. The first-order chi connectivity index (χ1) is 16.8. The number of carbonyl (C=O) groups is 3. The van der Waals surface area contributed by atoms with Gasteiger partial charge in [-0.05, 0) is 55.5 Å². The van der Waals surface area contributed by atoms with Gasteiger partial charge in [0, 0.05) is 5.56 Å². The summed E-state index contributed by atoms with van der Waals surface area (Å²) in [6.07, 6.45) is 6.65. The van der Waals surface area contributed by atoms with Crippen LogP contribution in [0.1, 0.15) is 33.4 Å². The van der Waals surface area contributed by atoms with Crippen molar-refractivity contribution >= 4 is 46.9 Å². The molecule has 35 heavy (non-hydrogen) atoms. The third-order valence-electron chi connectivity index (χ3n) is 5.09. The fourth-order valence-corrected chi connectivity index (χ4v) is 3.56. The van der Waals surface area contributed by atoms with Crippen LogP contribution in [-0.2, 0) is 9.53 Å². The number of esters is 1. The molecule has 0 bridgehead atoms. The lowest BCUT2D eigenvalue weighted by atomic mass is 10.1. The van der Waals surface area contributed by atoms with Crippen molar-refractivity contribution in [2.45, 2.75) is 6.92 Å². The Labute approximate surface area is 205 Å². The standard InChI is InChI=1S/C26H17ClN2O6/c1-3-12-34-26(33)17-6-4-16(5-7-17)23-11-9-19(35-23)14-20-15(2)28-29(24(20)30)18-8-10-22(27)21(13-18)25(31)32/h1,4-11,13-14H,12H2,2H3,(H,31,32). The third-order valence-corrected chi connectivity index (χ3v) is 5.42. The molecule has 0 atom stereocenters. The quantitative estimate of drug-likeness (QED) is 0.300. The highest BCUT2D eigenvalue weighted by molar-refractivity contribution is 6.34. The zero-order valence-electron chi connectivity index (χ0n) is 18.3. The molecule has 2 aromatic carbocycles. The molecule has 3 aromatic rings. The number of hydrogen-bond acceptors (Lipinski definition) is 6. The number of amides is 1. The van der Waals surface area contributed by atoms with Crippen molar-refractivity contribution in [3.63, 3.8) is 0 Å². The van der Waals surface area contributed by atoms with E-state index in [2.05, 4.69) is 11.0 Å². The largest absolute Gasteiger partial charge is 0.478 e. The van der Waals surface area contributed by atoms with Crippen molar-refractivity contribution in [3.8, 4) is 23.7 Å². The van der Waals surface area contributed by atoms with E-state index in [1.54, 1.807) is 49.4 Å². The van der Waals surface area contributed by atoms with Gasteiger partial charge in [0.25, 0.3) is 5.91 Å². The predicted octanol–water partition coefficient (Wildman–Crippen LogP) is 4.89. The minimum Gasteiger partial charge on any atom is -0.478 e. The molecule has 9 heteroatoms. The number of halogens is 1. The van der Waals surface area contributed by atoms with Crippen LogP contribution in [0.15, 0.2) is 69.7 Å². The Kier molecular flexibility index (Phi) is 6.53. The molecular weight excluding hydrogens is 472 g/mol. The van der Waals surface area contributed by atoms with Crippen molar-refractivity contribution in [1.29, 1.82) is 0 Å². The van der Waals surface area contributed by atoms with E-state index < -0.39 is 17.8 Å². The number of hydrazone groups is 1. The van der Waals surface area contributed by atoms with Gasteiger partial charge in [-0.2, -0.15) is 10.1 Å². The number of rotatable bonds is 6. The second-order valence-corrected chi connectivity index (χ2v) is 7.80. The maximum Gasteiger partial charge on any atom is 0.339 e. The Balaban J connectivity index is 1.54. The lowest BCUT2D eigenvalue weighted by Gasteiger charge is -2.12. The molecule has 0 aliphatic carbocycles. The van der Waals surface area contributed by atoms with E-state index in [0.717, 1.165) is 10.6 Å². The van der Waals surface area contributed by atoms with Gasteiger partial charge in [-0.15, -0.1) is 6.42 Å². The van der Waals surface area contributed by atoms with Crippen LogP contribution >= 0.6 is 11.6 Å². The van der Waals surface area contributed by atoms with Crippen LogP contribution in [0, 0.1) is 12.3 Å². The molecule has 174 valence electrons. The molecule has 1 aliphatic rings. The second-order valence-electron chi connectivity index (χ2n) is 7.39. The smallest absolute Gasteiger partial charge is 0.339 e. The van der Waals surface area contributed by atoms with Gasteiger partial charge < -0.3 is 14.3 Å². The number of carboxylic acids is 1. The first-order valence-corrected chi connectivity index (χ1v) is 10.6. The summed E-state index contributed by atoms with van der Waals surface area (Å²) in [4.78, 5) is 36.3. The van der Waals surface area contributed by atoms with Crippen LogP contribution < -0.4 is 5.01 Å². The number of hydrogen-bond donors (Lipinski definition) is 1. The Hall–Kier alpha value is -4.61. The number of carboxylic acid groups (broad SMARTS) is 1. The van der Waals surface area contributed by atoms with Crippen molar-refractivity contribution < 1.29 is 28.6 Å². The predicted molar refractivity (Wildman–Crippen MR) is 130 cm³/mol. The molecule has 1 amide bonds. The molecule has 0 unspecified atom stereocenters. The minimum atomic E-state index is -1.21. The van der Waals surface area contributed by atoms with E-state index in [0.29, 0.717) is 28.4 Å². The molecule has 2 heterocycles. The van der Waals surface area contributed by atoms with Crippen molar-refractivity contribution in [3.05, 3.63) is 82.1 Å². The molecule has 0 saturated heterocycles. The Morgan fingerprint density at radius 2 is 1.94 bits per heavy atom.